The summed E-state index contributed by atoms with van der Waals surface area (Å²) in [6, 6.07) is 13.1. The molecule has 144 valence electrons. The monoisotopic (exact) mass is 379 g/mol. The molecule has 1 heterocycles. The van der Waals surface area contributed by atoms with Gasteiger partial charge in [0.25, 0.3) is 0 Å². The van der Waals surface area contributed by atoms with Gasteiger partial charge in [0.15, 0.2) is 0 Å². The fourth-order valence-corrected chi connectivity index (χ4v) is 2.93. The van der Waals surface area contributed by atoms with E-state index in [2.05, 4.69) is 4.98 Å². The van der Waals surface area contributed by atoms with Gasteiger partial charge in [0.05, 0.1) is 18.3 Å². The van der Waals surface area contributed by atoms with Gasteiger partial charge in [-0.15, -0.1) is 0 Å². The smallest absolute Gasteiger partial charge is 0.493 e. The second kappa shape index (κ2) is 8.08. The highest BCUT2D eigenvalue weighted by atomic mass is 16.5. The lowest BCUT2D eigenvalue weighted by molar-refractivity contribution is 0.288. The molecule has 1 saturated carbocycles. The molecule has 0 atom stereocenters. The van der Waals surface area contributed by atoms with Crippen LogP contribution in [0.2, 0.25) is 0 Å². The Morgan fingerprint density at radius 1 is 1.11 bits per heavy atom. The highest BCUT2D eigenvalue weighted by molar-refractivity contribution is 6.61. The summed E-state index contributed by atoms with van der Waals surface area (Å²) in [4.78, 5) is 4.27. The van der Waals surface area contributed by atoms with Crippen molar-refractivity contribution in [2.45, 2.75) is 26.4 Å². The summed E-state index contributed by atoms with van der Waals surface area (Å²) in [6.07, 6.45) is 3.90. The number of aromatic nitrogens is 1. The van der Waals surface area contributed by atoms with Crippen molar-refractivity contribution in [3.05, 3.63) is 60.0 Å². The third-order valence-corrected chi connectivity index (χ3v) is 4.64. The largest absolute Gasteiger partial charge is 0.496 e. The molecule has 6 nitrogen and oxygen atoms in total. The molecule has 0 saturated heterocycles. The van der Waals surface area contributed by atoms with Gasteiger partial charge < -0.3 is 23.9 Å². The van der Waals surface area contributed by atoms with Gasteiger partial charge in [-0.25, -0.2) is 4.98 Å². The summed E-state index contributed by atoms with van der Waals surface area (Å²) in [6.45, 7) is 2.64. The van der Waals surface area contributed by atoms with Crippen molar-refractivity contribution in [2.24, 2.45) is 5.92 Å². The molecule has 2 aromatic carbocycles. The molecule has 0 spiro atoms. The Morgan fingerprint density at radius 2 is 1.82 bits per heavy atom. The minimum atomic E-state index is -1.72. The van der Waals surface area contributed by atoms with E-state index in [1.165, 1.54) is 0 Å². The molecular weight excluding hydrogens is 357 g/mol. The first kappa shape index (κ1) is 18.6. The maximum absolute atomic E-state index is 9.99. The molecule has 3 aromatic rings. The van der Waals surface area contributed by atoms with E-state index >= 15 is 0 Å². The third kappa shape index (κ3) is 4.38. The zero-order valence-corrected chi connectivity index (χ0v) is 15.7. The normalized spacial score (nSPS) is 13.4. The quantitative estimate of drug-likeness (QED) is 0.586. The number of hydrogen-bond acceptors (Lipinski definition) is 6. The van der Waals surface area contributed by atoms with Gasteiger partial charge in [-0.3, -0.25) is 0 Å². The number of aryl methyl sites for hydroxylation is 1. The van der Waals surface area contributed by atoms with Crippen LogP contribution in [0.5, 0.6) is 11.5 Å². The van der Waals surface area contributed by atoms with E-state index in [-0.39, 0.29) is 12.1 Å². The maximum atomic E-state index is 9.99. The summed E-state index contributed by atoms with van der Waals surface area (Å²) in [5.41, 5.74) is 1.84. The zero-order chi connectivity index (χ0) is 19.5. The summed E-state index contributed by atoms with van der Waals surface area (Å²) in [7, 11) is -1.72. The van der Waals surface area contributed by atoms with Crippen LogP contribution in [0.3, 0.4) is 0 Å². The van der Waals surface area contributed by atoms with Crippen molar-refractivity contribution in [3.8, 4) is 23.0 Å². The molecule has 7 heteroatoms. The van der Waals surface area contributed by atoms with Gasteiger partial charge >= 0.3 is 7.12 Å². The van der Waals surface area contributed by atoms with E-state index in [1.807, 2.05) is 37.3 Å². The van der Waals surface area contributed by atoms with Crippen LogP contribution in [0.15, 0.2) is 53.1 Å². The van der Waals surface area contributed by atoms with Crippen LogP contribution in [0.1, 0.15) is 24.2 Å². The van der Waals surface area contributed by atoms with Gasteiger partial charge in [-0.05, 0) is 43.4 Å². The average molecular weight is 379 g/mol. The molecule has 0 bridgehead atoms. The predicted molar refractivity (Wildman–Crippen MR) is 105 cm³/mol. The minimum Gasteiger partial charge on any atom is -0.493 e. The van der Waals surface area contributed by atoms with Gasteiger partial charge in [-0.1, -0.05) is 30.3 Å². The topological polar surface area (TPSA) is 85.0 Å². The summed E-state index contributed by atoms with van der Waals surface area (Å²) in [5, 5.41) is 20.0. The number of rotatable bonds is 8. The van der Waals surface area contributed by atoms with Crippen LogP contribution < -0.4 is 14.9 Å². The second-order valence-electron chi connectivity index (χ2n) is 7.06. The summed E-state index contributed by atoms with van der Waals surface area (Å²) in [5.74, 6) is 2.34. The molecule has 1 aromatic heterocycles. The Hall–Kier alpha value is -2.77. The van der Waals surface area contributed by atoms with Crippen LogP contribution in [-0.4, -0.2) is 28.8 Å². The van der Waals surface area contributed by atoms with Crippen LogP contribution in [0.4, 0.5) is 0 Å². The number of ether oxygens (including phenoxy) is 2. The molecule has 2 N–H and O–H groups in total. The molecule has 0 amide bonds. The lowest BCUT2D eigenvalue weighted by Crippen LogP contribution is -2.33. The molecule has 1 fully saturated rings. The number of oxazole rings is 1. The number of nitrogens with zero attached hydrogens (tertiary/aromatic N) is 1. The fraction of sp³-hybridized carbons (Fsp3) is 0.286. The van der Waals surface area contributed by atoms with E-state index in [1.54, 1.807) is 18.3 Å². The van der Waals surface area contributed by atoms with Crippen molar-refractivity contribution >= 4 is 12.6 Å². The maximum Gasteiger partial charge on any atom is 0.496 e. The first-order valence-corrected chi connectivity index (χ1v) is 9.36. The van der Waals surface area contributed by atoms with Crippen molar-refractivity contribution < 1.29 is 23.9 Å². The fourth-order valence-electron chi connectivity index (χ4n) is 2.93. The molecule has 1 aliphatic rings. The highest BCUT2D eigenvalue weighted by Gasteiger charge is 2.28. The van der Waals surface area contributed by atoms with Gasteiger partial charge in [0, 0.05) is 5.56 Å². The Kier molecular flexibility index (Phi) is 5.37. The van der Waals surface area contributed by atoms with Crippen molar-refractivity contribution in [2.75, 3.05) is 6.61 Å². The highest BCUT2D eigenvalue weighted by Crippen LogP contribution is 2.32. The van der Waals surface area contributed by atoms with Gasteiger partial charge in [-0.2, -0.15) is 0 Å². The van der Waals surface area contributed by atoms with Crippen molar-refractivity contribution in [1.29, 1.82) is 0 Å². The molecule has 1 aliphatic carbocycles. The molecule has 0 unspecified atom stereocenters. The molecule has 28 heavy (non-hydrogen) atoms. The zero-order valence-electron chi connectivity index (χ0n) is 15.7. The summed E-state index contributed by atoms with van der Waals surface area (Å²) >= 11 is 0. The lowest BCUT2D eigenvalue weighted by atomic mass is 9.78. The standard InChI is InChI=1S/C21H22BNO5/c1-14-11-23-21(28-14)17-9-18(26-12-15-5-3-2-4-6-15)20(22(24)25)19(10-17)27-13-16-7-8-16/h2-6,9-11,16,24-25H,7-8,12-13H2,1H3. The first-order valence-electron chi connectivity index (χ1n) is 9.36. The van der Waals surface area contributed by atoms with Crippen LogP contribution in [-0.2, 0) is 6.61 Å². The Bertz CT molecular complexity index is 937. The third-order valence-electron chi connectivity index (χ3n) is 4.64. The van der Waals surface area contributed by atoms with E-state index in [9.17, 15) is 10.0 Å². The van der Waals surface area contributed by atoms with E-state index in [0.717, 1.165) is 18.4 Å². The van der Waals surface area contributed by atoms with E-state index in [0.29, 0.717) is 41.2 Å². The average Bonchev–Trinajstić information content (AvgIpc) is 3.43. The molecular formula is C21H22BNO5. The predicted octanol–water partition coefficient (Wildman–Crippen LogP) is 2.70. The Balaban J connectivity index is 1.70. The number of hydrogen-bond donors (Lipinski definition) is 2. The SMILES string of the molecule is Cc1cnc(-c2cc(OCc3ccccc3)c(B(O)O)c(OCC3CC3)c2)o1. The number of benzene rings is 2. The molecule has 4 rings (SSSR count). The molecule has 0 aliphatic heterocycles. The van der Waals surface area contributed by atoms with Crippen LogP contribution in [0, 0.1) is 12.8 Å². The van der Waals surface area contributed by atoms with Gasteiger partial charge in [0.2, 0.25) is 5.89 Å². The summed E-state index contributed by atoms with van der Waals surface area (Å²) < 4.78 is 17.5. The minimum absolute atomic E-state index is 0.212. The van der Waals surface area contributed by atoms with Crippen molar-refractivity contribution in [1.82, 2.24) is 4.98 Å². The van der Waals surface area contributed by atoms with Crippen LogP contribution in [0.25, 0.3) is 11.5 Å². The Labute approximate surface area is 163 Å². The first-order chi connectivity index (χ1) is 13.6. The van der Waals surface area contributed by atoms with Crippen molar-refractivity contribution in [3.63, 3.8) is 0 Å². The Morgan fingerprint density at radius 3 is 2.43 bits per heavy atom. The van der Waals surface area contributed by atoms with E-state index in [4.69, 9.17) is 13.9 Å². The van der Waals surface area contributed by atoms with Gasteiger partial charge in [0.1, 0.15) is 23.9 Å². The van der Waals surface area contributed by atoms with Crippen LogP contribution >= 0.6 is 0 Å². The lowest BCUT2D eigenvalue weighted by Gasteiger charge is -2.17. The van der Waals surface area contributed by atoms with E-state index < -0.39 is 7.12 Å². The molecule has 0 radical (unpaired) electrons. The second-order valence-corrected chi connectivity index (χ2v) is 7.06.